The lowest BCUT2D eigenvalue weighted by Crippen LogP contribution is -2.03. The number of hydrazone groups is 1. The van der Waals surface area contributed by atoms with Crippen molar-refractivity contribution >= 4 is 34.0 Å². The molecule has 4 aromatic rings. The second-order valence-electron chi connectivity index (χ2n) is 6.24. The highest BCUT2D eigenvalue weighted by molar-refractivity contribution is 6.30. The largest absolute Gasteiger partial charge is 0.260 e. The number of benzene rings is 3. The van der Waals surface area contributed by atoms with Crippen molar-refractivity contribution in [1.29, 1.82) is 0 Å². The van der Waals surface area contributed by atoms with Crippen LogP contribution in [0.3, 0.4) is 0 Å². The van der Waals surface area contributed by atoms with Crippen LogP contribution in [0.5, 0.6) is 0 Å². The maximum atomic E-state index is 13.1. The molecule has 0 aliphatic heterocycles. The highest BCUT2D eigenvalue weighted by Gasteiger charge is 2.09. The Hall–Kier alpha value is -3.31. The van der Waals surface area contributed by atoms with Crippen LogP contribution in [0.15, 0.2) is 77.9 Å². The first-order valence-electron chi connectivity index (χ1n) is 8.69. The van der Waals surface area contributed by atoms with Crippen LogP contribution in [0.4, 0.5) is 10.2 Å². The van der Waals surface area contributed by atoms with Crippen LogP contribution in [0.2, 0.25) is 5.02 Å². The Morgan fingerprint density at radius 3 is 2.39 bits per heavy atom. The van der Waals surface area contributed by atoms with Gasteiger partial charge < -0.3 is 0 Å². The van der Waals surface area contributed by atoms with Crippen LogP contribution >= 0.6 is 11.6 Å². The van der Waals surface area contributed by atoms with E-state index in [0.29, 0.717) is 16.7 Å². The molecule has 1 heterocycles. The van der Waals surface area contributed by atoms with E-state index in [-0.39, 0.29) is 5.82 Å². The molecule has 0 atom stereocenters. The molecule has 3 aromatic carbocycles. The highest BCUT2D eigenvalue weighted by atomic mass is 35.5. The molecule has 0 aliphatic rings. The normalized spacial score (nSPS) is 11.6. The maximum Gasteiger partial charge on any atom is 0.162 e. The Morgan fingerprint density at radius 2 is 1.64 bits per heavy atom. The Labute approximate surface area is 166 Å². The Bertz CT molecular complexity index is 1160. The summed E-state index contributed by atoms with van der Waals surface area (Å²) in [6.45, 7) is 1.85. The van der Waals surface area contributed by atoms with Gasteiger partial charge in [-0.25, -0.2) is 14.4 Å². The topological polar surface area (TPSA) is 50.2 Å². The van der Waals surface area contributed by atoms with Gasteiger partial charge in [-0.2, -0.15) is 5.10 Å². The number of para-hydroxylation sites is 1. The molecule has 0 spiro atoms. The van der Waals surface area contributed by atoms with Crippen LogP contribution in [0.25, 0.3) is 22.3 Å². The van der Waals surface area contributed by atoms with Gasteiger partial charge in [-0.05, 0) is 61.0 Å². The molecule has 1 aromatic heterocycles. The molecule has 4 rings (SSSR count). The van der Waals surface area contributed by atoms with E-state index in [4.69, 9.17) is 11.6 Å². The minimum Gasteiger partial charge on any atom is -0.260 e. The molecule has 138 valence electrons. The van der Waals surface area contributed by atoms with Crippen molar-refractivity contribution in [3.63, 3.8) is 0 Å². The summed E-state index contributed by atoms with van der Waals surface area (Å²) in [6.07, 6.45) is 0. The van der Waals surface area contributed by atoms with Gasteiger partial charge in [0.15, 0.2) is 11.6 Å². The molecule has 0 radical (unpaired) electrons. The van der Waals surface area contributed by atoms with Gasteiger partial charge in [0.1, 0.15) is 5.82 Å². The van der Waals surface area contributed by atoms with Gasteiger partial charge >= 0.3 is 0 Å². The summed E-state index contributed by atoms with van der Waals surface area (Å²) in [7, 11) is 0. The molecule has 0 aliphatic carbocycles. The van der Waals surface area contributed by atoms with Gasteiger partial charge in [0.25, 0.3) is 0 Å². The van der Waals surface area contributed by atoms with Crippen molar-refractivity contribution < 1.29 is 4.39 Å². The molecule has 4 nitrogen and oxygen atoms in total. The van der Waals surface area contributed by atoms with Crippen LogP contribution < -0.4 is 5.43 Å². The second kappa shape index (κ2) is 7.74. The van der Waals surface area contributed by atoms with Crippen LogP contribution in [-0.4, -0.2) is 15.7 Å². The van der Waals surface area contributed by atoms with Gasteiger partial charge in [-0.3, -0.25) is 5.43 Å². The smallest absolute Gasteiger partial charge is 0.162 e. The lowest BCUT2D eigenvalue weighted by atomic mass is 10.1. The number of fused-ring (bicyclic) bond motifs is 1. The Kier molecular flexibility index (Phi) is 5.00. The van der Waals surface area contributed by atoms with Crippen molar-refractivity contribution in [3.8, 4) is 11.4 Å². The molecular weight excluding hydrogens is 375 g/mol. The number of hydrogen-bond donors (Lipinski definition) is 1. The fraction of sp³-hybridized carbons (Fsp3) is 0.0455. The monoisotopic (exact) mass is 390 g/mol. The standard InChI is InChI=1S/C22H16ClFN4/c1-14(15-8-12-18(24)13-9-15)27-28-22-19-4-2-3-5-20(19)25-21(26-22)16-6-10-17(23)11-7-16/h2-13H,1H3,(H,25,26,28)/b27-14-. The third-order valence-electron chi connectivity index (χ3n) is 4.30. The predicted molar refractivity (Wildman–Crippen MR) is 112 cm³/mol. The minimum absolute atomic E-state index is 0.279. The summed E-state index contributed by atoms with van der Waals surface area (Å²) in [5.74, 6) is 0.892. The number of rotatable bonds is 4. The molecule has 0 fully saturated rings. The maximum absolute atomic E-state index is 13.1. The van der Waals surface area contributed by atoms with Crippen LogP contribution in [0.1, 0.15) is 12.5 Å². The number of nitrogens with zero attached hydrogens (tertiary/aromatic N) is 3. The number of nitrogens with one attached hydrogen (secondary N) is 1. The van der Waals surface area contributed by atoms with E-state index in [1.807, 2.05) is 43.3 Å². The van der Waals surface area contributed by atoms with E-state index in [1.165, 1.54) is 12.1 Å². The number of aromatic nitrogens is 2. The second-order valence-corrected chi connectivity index (χ2v) is 6.67. The van der Waals surface area contributed by atoms with Crippen molar-refractivity contribution in [2.45, 2.75) is 6.92 Å². The number of hydrogen-bond acceptors (Lipinski definition) is 4. The van der Waals surface area contributed by atoms with E-state index >= 15 is 0 Å². The summed E-state index contributed by atoms with van der Waals surface area (Å²) < 4.78 is 13.1. The van der Waals surface area contributed by atoms with Crippen LogP contribution in [0, 0.1) is 5.82 Å². The zero-order chi connectivity index (χ0) is 19.5. The summed E-state index contributed by atoms with van der Waals surface area (Å²) in [5.41, 5.74) is 6.25. The predicted octanol–water partition coefficient (Wildman–Crippen LogP) is 5.93. The molecule has 1 N–H and O–H groups in total. The molecule has 0 saturated heterocycles. The third kappa shape index (κ3) is 3.85. The highest BCUT2D eigenvalue weighted by Crippen LogP contribution is 2.25. The van der Waals surface area contributed by atoms with E-state index in [1.54, 1.807) is 24.3 Å². The van der Waals surface area contributed by atoms with Crippen molar-refractivity contribution in [1.82, 2.24) is 9.97 Å². The zero-order valence-electron chi connectivity index (χ0n) is 15.0. The Balaban J connectivity index is 1.73. The first-order valence-corrected chi connectivity index (χ1v) is 9.07. The average molecular weight is 391 g/mol. The first-order chi connectivity index (χ1) is 13.6. The third-order valence-corrected chi connectivity index (χ3v) is 4.55. The number of halogens is 2. The first kappa shape index (κ1) is 18.1. The van der Waals surface area contributed by atoms with E-state index < -0.39 is 0 Å². The lowest BCUT2D eigenvalue weighted by molar-refractivity contribution is 0.628. The molecule has 0 amide bonds. The fourth-order valence-corrected chi connectivity index (χ4v) is 2.91. The zero-order valence-corrected chi connectivity index (χ0v) is 15.8. The average Bonchev–Trinajstić information content (AvgIpc) is 2.72. The molecule has 28 heavy (non-hydrogen) atoms. The van der Waals surface area contributed by atoms with Gasteiger partial charge in [0.2, 0.25) is 0 Å². The van der Waals surface area contributed by atoms with Gasteiger partial charge in [-0.1, -0.05) is 35.9 Å². The van der Waals surface area contributed by atoms with E-state index in [9.17, 15) is 4.39 Å². The van der Waals surface area contributed by atoms with Crippen molar-refractivity contribution in [2.75, 3.05) is 5.43 Å². The SMILES string of the molecule is C/C(=N/Nc1nc(-c2ccc(Cl)cc2)nc2ccccc12)c1ccc(F)cc1. The quantitative estimate of drug-likeness (QED) is 0.347. The van der Waals surface area contributed by atoms with Gasteiger partial charge in [-0.15, -0.1) is 0 Å². The summed E-state index contributed by atoms with van der Waals surface area (Å²) in [6, 6.07) is 21.3. The van der Waals surface area contributed by atoms with Gasteiger partial charge in [0.05, 0.1) is 11.2 Å². The van der Waals surface area contributed by atoms with Crippen molar-refractivity contribution in [3.05, 3.63) is 89.2 Å². The summed E-state index contributed by atoms with van der Waals surface area (Å²) >= 11 is 5.98. The molecule has 0 saturated carbocycles. The molecular formula is C22H16ClFN4. The molecule has 0 unspecified atom stereocenters. The summed E-state index contributed by atoms with van der Waals surface area (Å²) in [5, 5.41) is 5.94. The van der Waals surface area contributed by atoms with E-state index in [2.05, 4.69) is 20.5 Å². The minimum atomic E-state index is -0.279. The summed E-state index contributed by atoms with van der Waals surface area (Å²) in [4.78, 5) is 9.29. The molecule has 0 bridgehead atoms. The fourth-order valence-electron chi connectivity index (χ4n) is 2.78. The van der Waals surface area contributed by atoms with E-state index in [0.717, 1.165) is 27.7 Å². The van der Waals surface area contributed by atoms with Gasteiger partial charge in [0, 0.05) is 16.0 Å². The number of anilines is 1. The lowest BCUT2D eigenvalue weighted by Gasteiger charge is -2.09. The van der Waals surface area contributed by atoms with Crippen molar-refractivity contribution in [2.24, 2.45) is 5.10 Å². The Morgan fingerprint density at radius 1 is 0.929 bits per heavy atom. The molecule has 6 heteroatoms. The van der Waals surface area contributed by atoms with Crippen LogP contribution in [-0.2, 0) is 0 Å².